The summed E-state index contributed by atoms with van der Waals surface area (Å²) >= 11 is 6.30. The lowest BCUT2D eigenvalue weighted by atomic mass is 10.1. The molecule has 0 spiro atoms. The molecule has 1 saturated heterocycles. The Hall–Kier alpha value is -3.51. The van der Waals surface area contributed by atoms with E-state index >= 15 is 0 Å². The molecule has 0 radical (unpaired) electrons. The van der Waals surface area contributed by atoms with Crippen LogP contribution < -0.4 is 9.47 Å². The number of ether oxygens (including phenoxy) is 2. The van der Waals surface area contributed by atoms with Crippen molar-refractivity contribution in [1.82, 2.24) is 4.90 Å². The van der Waals surface area contributed by atoms with Crippen molar-refractivity contribution in [2.24, 2.45) is 0 Å². The van der Waals surface area contributed by atoms with E-state index in [0.717, 1.165) is 18.2 Å². The second-order valence-electron chi connectivity index (χ2n) is 6.15. The molecule has 31 heavy (non-hydrogen) atoms. The van der Waals surface area contributed by atoms with Gasteiger partial charge in [0.15, 0.2) is 11.5 Å². The van der Waals surface area contributed by atoms with Crippen LogP contribution in [0.5, 0.6) is 17.2 Å². The number of carbonyl (C=O) groups excluding carboxylic acids is 1. The summed E-state index contributed by atoms with van der Waals surface area (Å²) < 4.78 is 11.7. The Morgan fingerprint density at radius 1 is 1.10 bits per heavy atom. The zero-order valence-corrected chi connectivity index (χ0v) is 17.9. The summed E-state index contributed by atoms with van der Waals surface area (Å²) in [5.74, 6) is 0.0841. The van der Waals surface area contributed by atoms with Crippen molar-refractivity contribution in [2.45, 2.75) is 6.92 Å². The number of likely N-dealkylation sites (N-methyl/N-ethyl adjacent to an activating group) is 1. The minimum Gasteiger partial charge on any atom is -0.490 e. The normalized spacial score (nSPS) is 14.8. The predicted molar refractivity (Wildman–Crippen MR) is 118 cm³/mol. The van der Waals surface area contributed by atoms with Gasteiger partial charge in [0.25, 0.3) is 11.6 Å². The molecule has 1 fully saturated rings. The summed E-state index contributed by atoms with van der Waals surface area (Å²) in [5, 5.41) is 22.3. The van der Waals surface area contributed by atoms with Gasteiger partial charge in [-0.2, -0.15) is 0 Å². The standard InChI is InChI=1S/C19H15N3O7S2/c1-3-28-16-8-11(9-17-18(23)20(2)19(30)31-17)4-6-15(16)29-14-7-5-12(21(24)25)10-13(14)22(26)27/h4-10H,3H2,1-2H3. The van der Waals surface area contributed by atoms with Gasteiger partial charge >= 0.3 is 5.69 Å². The maximum absolute atomic E-state index is 12.2. The van der Waals surface area contributed by atoms with E-state index in [1.54, 1.807) is 32.2 Å². The van der Waals surface area contributed by atoms with E-state index < -0.39 is 21.2 Å². The van der Waals surface area contributed by atoms with Crippen LogP contribution in [0.1, 0.15) is 12.5 Å². The summed E-state index contributed by atoms with van der Waals surface area (Å²) in [4.78, 5) is 34.8. The number of carbonyl (C=O) groups is 1. The number of amides is 1. The lowest BCUT2D eigenvalue weighted by Crippen LogP contribution is -2.22. The fourth-order valence-electron chi connectivity index (χ4n) is 2.63. The van der Waals surface area contributed by atoms with E-state index in [4.69, 9.17) is 21.7 Å². The molecule has 0 atom stereocenters. The van der Waals surface area contributed by atoms with E-state index in [2.05, 4.69) is 0 Å². The first-order valence-electron chi connectivity index (χ1n) is 8.80. The Kier molecular flexibility index (Phi) is 6.51. The van der Waals surface area contributed by atoms with E-state index in [1.165, 1.54) is 22.7 Å². The molecule has 1 aliphatic rings. The number of thioether (sulfide) groups is 1. The number of non-ortho nitro benzene ring substituents is 1. The van der Waals surface area contributed by atoms with Gasteiger partial charge in [-0.25, -0.2) is 0 Å². The van der Waals surface area contributed by atoms with Crippen molar-refractivity contribution < 1.29 is 24.1 Å². The molecule has 1 heterocycles. The Morgan fingerprint density at radius 3 is 2.39 bits per heavy atom. The number of rotatable bonds is 7. The second-order valence-corrected chi connectivity index (χ2v) is 7.82. The molecule has 10 nitrogen and oxygen atoms in total. The van der Waals surface area contributed by atoms with Crippen molar-refractivity contribution in [3.05, 3.63) is 67.1 Å². The summed E-state index contributed by atoms with van der Waals surface area (Å²) in [6.07, 6.45) is 1.66. The second kappa shape index (κ2) is 9.10. The molecule has 0 bridgehead atoms. The van der Waals surface area contributed by atoms with Gasteiger partial charge in [-0.3, -0.25) is 29.9 Å². The lowest BCUT2D eigenvalue weighted by molar-refractivity contribution is -0.394. The third-order valence-electron chi connectivity index (χ3n) is 4.12. The highest BCUT2D eigenvalue weighted by Crippen LogP contribution is 2.39. The van der Waals surface area contributed by atoms with Gasteiger partial charge in [0.05, 0.1) is 27.4 Å². The molecule has 0 N–H and O–H groups in total. The van der Waals surface area contributed by atoms with Crippen LogP contribution in [0.4, 0.5) is 11.4 Å². The van der Waals surface area contributed by atoms with Crippen molar-refractivity contribution >= 4 is 51.7 Å². The average molecular weight is 461 g/mol. The van der Waals surface area contributed by atoms with Crippen LogP contribution in [-0.4, -0.2) is 38.6 Å². The van der Waals surface area contributed by atoms with Crippen LogP contribution in [0, 0.1) is 20.2 Å². The zero-order chi connectivity index (χ0) is 22.7. The minimum absolute atomic E-state index is 0.170. The fraction of sp³-hybridized carbons (Fsp3) is 0.158. The monoisotopic (exact) mass is 461 g/mol. The summed E-state index contributed by atoms with van der Waals surface area (Å²) in [6.45, 7) is 2.05. The molecule has 1 aliphatic heterocycles. The predicted octanol–water partition coefficient (Wildman–Crippen LogP) is 4.53. The molecular weight excluding hydrogens is 446 g/mol. The number of thiocarbonyl (C=S) groups is 1. The lowest BCUT2D eigenvalue weighted by Gasteiger charge is -2.12. The van der Waals surface area contributed by atoms with Crippen molar-refractivity contribution in [1.29, 1.82) is 0 Å². The molecule has 3 rings (SSSR count). The first-order valence-corrected chi connectivity index (χ1v) is 10.0. The van der Waals surface area contributed by atoms with Crippen LogP contribution in [0.2, 0.25) is 0 Å². The Balaban J connectivity index is 1.96. The minimum atomic E-state index is -0.760. The van der Waals surface area contributed by atoms with Gasteiger partial charge in [0.1, 0.15) is 4.32 Å². The summed E-state index contributed by atoms with van der Waals surface area (Å²) in [5.41, 5.74) is -0.331. The number of nitro groups is 2. The molecule has 160 valence electrons. The third-order valence-corrected chi connectivity index (χ3v) is 5.61. The number of hydrogen-bond acceptors (Lipinski definition) is 9. The number of nitro benzene ring substituents is 2. The fourth-order valence-corrected chi connectivity index (χ4v) is 3.81. The van der Waals surface area contributed by atoms with Crippen molar-refractivity contribution in [3.63, 3.8) is 0 Å². The number of benzene rings is 2. The SMILES string of the molecule is CCOc1cc(C=C2SC(=S)N(C)C2=O)ccc1Oc1ccc([N+](=O)[O-])cc1[N+](=O)[O-]. The molecule has 0 saturated carbocycles. The Labute approximate surface area is 185 Å². The van der Waals surface area contributed by atoms with Crippen molar-refractivity contribution in [3.8, 4) is 17.2 Å². The van der Waals surface area contributed by atoms with Gasteiger partial charge in [-0.1, -0.05) is 30.0 Å². The Morgan fingerprint density at radius 2 is 1.81 bits per heavy atom. The molecule has 0 aromatic heterocycles. The molecule has 12 heteroatoms. The molecule has 2 aromatic carbocycles. The summed E-state index contributed by atoms with van der Waals surface area (Å²) in [7, 11) is 1.60. The molecular formula is C19H15N3O7S2. The van der Waals surface area contributed by atoms with Gasteiger partial charge in [-0.15, -0.1) is 0 Å². The maximum Gasteiger partial charge on any atom is 0.318 e. The Bertz CT molecular complexity index is 1130. The number of nitrogens with zero attached hydrogens (tertiary/aromatic N) is 3. The zero-order valence-electron chi connectivity index (χ0n) is 16.3. The average Bonchev–Trinajstić information content (AvgIpc) is 2.96. The maximum atomic E-state index is 12.2. The first-order chi connectivity index (χ1) is 14.7. The highest BCUT2D eigenvalue weighted by atomic mass is 32.2. The van der Waals surface area contributed by atoms with Crippen LogP contribution in [0.15, 0.2) is 41.3 Å². The smallest absolute Gasteiger partial charge is 0.318 e. The van der Waals surface area contributed by atoms with Crippen LogP contribution in [-0.2, 0) is 4.79 Å². The van der Waals surface area contributed by atoms with E-state index in [9.17, 15) is 25.0 Å². The quantitative estimate of drug-likeness (QED) is 0.253. The molecule has 1 amide bonds. The van der Waals surface area contributed by atoms with Crippen molar-refractivity contribution in [2.75, 3.05) is 13.7 Å². The van der Waals surface area contributed by atoms with Gasteiger partial charge in [-0.05, 0) is 36.8 Å². The van der Waals surface area contributed by atoms with Crippen LogP contribution in [0.25, 0.3) is 6.08 Å². The van der Waals surface area contributed by atoms with E-state index in [1.807, 2.05) is 0 Å². The van der Waals surface area contributed by atoms with Crippen LogP contribution >= 0.6 is 24.0 Å². The molecule has 2 aromatic rings. The molecule has 0 aliphatic carbocycles. The van der Waals surface area contributed by atoms with E-state index in [0.29, 0.717) is 21.4 Å². The first kappa shape index (κ1) is 22.2. The third kappa shape index (κ3) is 4.81. The highest BCUT2D eigenvalue weighted by molar-refractivity contribution is 8.26. The topological polar surface area (TPSA) is 125 Å². The summed E-state index contributed by atoms with van der Waals surface area (Å²) in [6, 6.07) is 7.91. The largest absolute Gasteiger partial charge is 0.490 e. The van der Waals surface area contributed by atoms with Gasteiger partial charge in [0, 0.05) is 13.1 Å². The van der Waals surface area contributed by atoms with Gasteiger partial charge in [0.2, 0.25) is 5.75 Å². The van der Waals surface area contributed by atoms with Gasteiger partial charge < -0.3 is 9.47 Å². The number of hydrogen-bond donors (Lipinski definition) is 0. The highest BCUT2D eigenvalue weighted by Gasteiger charge is 2.29. The van der Waals surface area contributed by atoms with E-state index in [-0.39, 0.29) is 23.2 Å². The van der Waals surface area contributed by atoms with Crippen LogP contribution in [0.3, 0.4) is 0 Å². The molecule has 0 unspecified atom stereocenters.